The van der Waals surface area contributed by atoms with Crippen molar-refractivity contribution < 1.29 is 0 Å². The van der Waals surface area contributed by atoms with E-state index in [1.165, 1.54) is 5.56 Å². The van der Waals surface area contributed by atoms with Gasteiger partial charge in [-0.1, -0.05) is 60.7 Å². The zero-order chi connectivity index (χ0) is 27.6. The van der Waals surface area contributed by atoms with Gasteiger partial charge in [0.2, 0.25) is 0 Å². The lowest BCUT2D eigenvalue weighted by atomic mass is 9.95. The molecule has 1 aliphatic rings. The van der Waals surface area contributed by atoms with E-state index in [0.29, 0.717) is 17.4 Å². The Balaban J connectivity index is 1.06. The monoisotopic (exact) mass is 534 g/mol. The fraction of sp³-hybridized carbons (Fsp3) is 0.188. The zero-order valence-corrected chi connectivity index (χ0v) is 22.5. The van der Waals surface area contributed by atoms with Crippen molar-refractivity contribution in [1.29, 1.82) is 0 Å². The van der Waals surface area contributed by atoms with E-state index in [-0.39, 0.29) is 5.72 Å². The van der Waals surface area contributed by atoms with Crippen LogP contribution in [0.4, 0.5) is 0 Å². The first-order valence-corrected chi connectivity index (χ1v) is 13.8. The van der Waals surface area contributed by atoms with Gasteiger partial charge in [-0.3, -0.25) is 20.0 Å². The van der Waals surface area contributed by atoms with Gasteiger partial charge in [0.05, 0.1) is 11.4 Å². The molecule has 1 N–H and O–H groups in total. The summed E-state index contributed by atoms with van der Waals surface area (Å²) in [7, 11) is 5.86. The third-order valence-corrected chi connectivity index (χ3v) is 7.68. The molecule has 7 rings (SSSR count). The predicted molar refractivity (Wildman–Crippen MR) is 160 cm³/mol. The maximum Gasteiger partial charge on any atom is 0.199 e. The number of benzene rings is 2. The van der Waals surface area contributed by atoms with Gasteiger partial charge in [0.25, 0.3) is 0 Å². The van der Waals surface area contributed by atoms with Gasteiger partial charge >= 0.3 is 0 Å². The molecule has 0 saturated carbocycles. The van der Waals surface area contributed by atoms with E-state index in [1.807, 2.05) is 36.4 Å². The summed E-state index contributed by atoms with van der Waals surface area (Å²) in [6, 6.07) is 26.9. The average Bonchev–Trinajstić information content (AvgIpc) is 3.53. The summed E-state index contributed by atoms with van der Waals surface area (Å²) in [4.78, 5) is 25.1. The van der Waals surface area contributed by atoms with E-state index < -0.39 is 0 Å². The van der Waals surface area contributed by atoms with Gasteiger partial charge in [0.1, 0.15) is 11.5 Å². The minimum Gasteiger partial charge on any atom is -0.299 e. The van der Waals surface area contributed by atoms with Gasteiger partial charge < -0.3 is 0 Å². The molecule has 0 unspecified atom stereocenters. The van der Waals surface area contributed by atoms with Crippen LogP contribution in [0.15, 0.2) is 91.3 Å². The Kier molecular flexibility index (Phi) is 6.78. The number of H-pyrrole nitrogens is 1. The molecule has 0 spiro atoms. The Hall–Kier alpha value is -4.76. The highest BCUT2D eigenvalue weighted by molar-refractivity contribution is 6.29. The summed E-state index contributed by atoms with van der Waals surface area (Å²) in [5.41, 5.74) is 6.95. The summed E-state index contributed by atoms with van der Waals surface area (Å²) in [6.45, 7) is 2.93. The van der Waals surface area contributed by atoms with Crippen molar-refractivity contribution in [3.63, 3.8) is 0 Å². The molecular formula is C32H27BN8. The SMILES string of the molecule is [B]c1ncc2cc(-c3ccccc3)c(-c3ccc(CN4CCC(c5nc(-c6ccccn6)n[nH]5)CC4)cc3)nc2n1. The van der Waals surface area contributed by atoms with Crippen LogP contribution in [0.1, 0.15) is 30.1 Å². The number of piperidine rings is 1. The van der Waals surface area contributed by atoms with Crippen molar-refractivity contribution in [3.05, 3.63) is 103 Å². The van der Waals surface area contributed by atoms with Crippen LogP contribution in [0.5, 0.6) is 0 Å². The highest BCUT2D eigenvalue weighted by atomic mass is 15.2. The number of pyridine rings is 2. The van der Waals surface area contributed by atoms with E-state index in [4.69, 9.17) is 17.8 Å². The highest BCUT2D eigenvalue weighted by Crippen LogP contribution is 2.33. The van der Waals surface area contributed by atoms with Gasteiger partial charge in [-0.25, -0.2) is 15.0 Å². The van der Waals surface area contributed by atoms with Crippen molar-refractivity contribution in [2.75, 3.05) is 13.1 Å². The third kappa shape index (κ3) is 5.36. The topological polar surface area (TPSA) is 96.4 Å². The molecule has 1 saturated heterocycles. The molecule has 2 aromatic carbocycles. The van der Waals surface area contributed by atoms with Crippen molar-refractivity contribution in [2.45, 2.75) is 25.3 Å². The zero-order valence-electron chi connectivity index (χ0n) is 22.5. The summed E-state index contributed by atoms with van der Waals surface area (Å²) in [5, 5.41) is 8.41. The van der Waals surface area contributed by atoms with E-state index in [9.17, 15) is 0 Å². The molecule has 6 aromatic rings. The van der Waals surface area contributed by atoms with Crippen molar-refractivity contribution in [1.82, 2.24) is 40.0 Å². The van der Waals surface area contributed by atoms with Crippen LogP contribution in [-0.2, 0) is 6.54 Å². The van der Waals surface area contributed by atoms with Gasteiger partial charge in [0, 0.05) is 41.4 Å². The Morgan fingerprint density at radius 3 is 2.41 bits per heavy atom. The summed E-state index contributed by atoms with van der Waals surface area (Å²) in [6.07, 6.45) is 5.58. The molecule has 0 bridgehead atoms. The van der Waals surface area contributed by atoms with E-state index >= 15 is 0 Å². The number of fused-ring (bicyclic) bond motifs is 1. The molecule has 4 aromatic heterocycles. The summed E-state index contributed by atoms with van der Waals surface area (Å²) >= 11 is 0. The predicted octanol–water partition coefficient (Wildman–Crippen LogP) is 4.71. The number of aromatic nitrogens is 7. The Bertz CT molecular complexity index is 1780. The van der Waals surface area contributed by atoms with Crippen LogP contribution in [0, 0.1) is 0 Å². The second-order valence-electron chi connectivity index (χ2n) is 10.4. The Labute approximate surface area is 239 Å². The maximum atomic E-state index is 5.86. The van der Waals surface area contributed by atoms with E-state index in [1.54, 1.807) is 12.4 Å². The van der Waals surface area contributed by atoms with Crippen LogP contribution in [-0.4, -0.2) is 61.0 Å². The molecule has 198 valence electrons. The number of hydrogen-bond acceptors (Lipinski definition) is 7. The van der Waals surface area contributed by atoms with Gasteiger partial charge in [-0.2, -0.15) is 5.10 Å². The lowest BCUT2D eigenvalue weighted by Gasteiger charge is -2.31. The number of aromatic amines is 1. The highest BCUT2D eigenvalue weighted by Gasteiger charge is 2.24. The molecule has 0 amide bonds. The van der Waals surface area contributed by atoms with Crippen LogP contribution in [0.2, 0.25) is 0 Å². The van der Waals surface area contributed by atoms with Gasteiger partial charge in [-0.15, -0.1) is 0 Å². The Morgan fingerprint density at radius 2 is 1.63 bits per heavy atom. The van der Waals surface area contributed by atoms with Crippen LogP contribution >= 0.6 is 0 Å². The first-order chi connectivity index (χ1) is 20.2. The number of nitrogens with one attached hydrogen (secondary N) is 1. The van der Waals surface area contributed by atoms with Gasteiger partial charge in [-0.05, 0) is 55.3 Å². The largest absolute Gasteiger partial charge is 0.299 e. The van der Waals surface area contributed by atoms with Crippen molar-refractivity contribution >= 4 is 24.6 Å². The molecule has 5 heterocycles. The molecule has 1 fully saturated rings. The van der Waals surface area contributed by atoms with Crippen LogP contribution in [0.3, 0.4) is 0 Å². The van der Waals surface area contributed by atoms with Gasteiger partial charge in [0.15, 0.2) is 19.3 Å². The number of hydrogen-bond donors (Lipinski definition) is 1. The smallest absolute Gasteiger partial charge is 0.199 e. The fourth-order valence-electron chi connectivity index (χ4n) is 5.49. The number of likely N-dealkylation sites (tertiary alicyclic amines) is 1. The van der Waals surface area contributed by atoms with E-state index in [2.05, 4.69) is 72.5 Å². The molecule has 8 nitrogen and oxygen atoms in total. The van der Waals surface area contributed by atoms with E-state index in [0.717, 1.165) is 71.8 Å². The second-order valence-corrected chi connectivity index (χ2v) is 10.4. The summed E-state index contributed by atoms with van der Waals surface area (Å²) < 4.78 is 0. The third-order valence-electron chi connectivity index (χ3n) is 7.68. The average molecular weight is 534 g/mol. The van der Waals surface area contributed by atoms with Crippen LogP contribution in [0.25, 0.3) is 44.9 Å². The molecule has 2 radical (unpaired) electrons. The van der Waals surface area contributed by atoms with Crippen molar-refractivity contribution in [3.8, 4) is 33.9 Å². The molecule has 0 aliphatic carbocycles. The minimum atomic E-state index is 0.222. The van der Waals surface area contributed by atoms with Crippen molar-refractivity contribution in [2.24, 2.45) is 0 Å². The normalized spacial score (nSPS) is 14.4. The molecule has 41 heavy (non-hydrogen) atoms. The Morgan fingerprint density at radius 1 is 0.829 bits per heavy atom. The number of rotatable bonds is 6. The first kappa shape index (κ1) is 25.2. The number of nitrogens with zero attached hydrogens (tertiary/aromatic N) is 7. The maximum absolute atomic E-state index is 5.86. The molecular weight excluding hydrogens is 507 g/mol. The molecule has 9 heteroatoms. The second kappa shape index (κ2) is 11.0. The minimum absolute atomic E-state index is 0.222. The first-order valence-electron chi connectivity index (χ1n) is 13.8. The summed E-state index contributed by atoms with van der Waals surface area (Å²) in [5.74, 6) is 2.00. The van der Waals surface area contributed by atoms with Crippen LogP contribution < -0.4 is 5.72 Å². The molecule has 0 atom stereocenters. The quantitative estimate of drug-likeness (QED) is 0.309. The molecule has 1 aliphatic heterocycles. The lowest BCUT2D eigenvalue weighted by Crippen LogP contribution is -2.32. The standard InChI is InChI=1S/C32H27BN8/c33-32-35-19-25-18-26(22-6-2-1-3-7-22)28(36-29(25)38-32)23-11-9-21(10-12-23)20-41-16-13-24(14-17-41)30-37-31(40-39-30)27-8-4-5-15-34-27/h1-12,15,18-19,24H,13-14,16-17,20H2,(H,37,39,40). The fourth-order valence-corrected chi connectivity index (χ4v) is 5.49. The lowest BCUT2D eigenvalue weighted by molar-refractivity contribution is 0.202.